The molecule has 0 aliphatic rings. The van der Waals surface area contributed by atoms with Crippen molar-refractivity contribution in [3.05, 3.63) is 65.0 Å². The highest BCUT2D eigenvalue weighted by Gasteiger charge is 2.04. The summed E-state index contributed by atoms with van der Waals surface area (Å²) in [5.74, 6) is 0.827. The Hall–Kier alpha value is -1.48. The molecule has 16 heavy (non-hydrogen) atoms. The normalized spacial score (nSPS) is 10.3. The summed E-state index contributed by atoms with van der Waals surface area (Å²) in [7, 11) is 0. The van der Waals surface area contributed by atoms with Gasteiger partial charge in [-0.3, -0.25) is 0 Å². The molecule has 2 nitrogen and oxygen atoms in total. The first kappa shape index (κ1) is 11.0. The predicted octanol–water partition coefficient (Wildman–Crippen LogP) is 2.92. The van der Waals surface area contributed by atoms with Crippen LogP contribution in [0.5, 0.6) is 0 Å². The van der Waals surface area contributed by atoms with Gasteiger partial charge in [-0.1, -0.05) is 41.6 Å². The van der Waals surface area contributed by atoms with Gasteiger partial charge in [0.25, 0.3) is 5.03 Å². The molecule has 0 unspecified atom stereocenters. The van der Waals surface area contributed by atoms with Crippen molar-refractivity contribution in [3.8, 4) is 0 Å². The smallest absolute Gasteiger partial charge is 0.251 e. The van der Waals surface area contributed by atoms with Crippen molar-refractivity contribution in [1.29, 1.82) is 0 Å². The van der Waals surface area contributed by atoms with E-state index in [0.717, 1.165) is 15.5 Å². The van der Waals surface area contributed by atoms with Gasteiger partial charge in [0.2, 0.25) is 0 Å². The quantitative estimate of drug-likeness (QED) is 0.461. The fourth-order valence-electron chi connectivity index (χ4n) is 1.48. The monoisotopic (exact) mass is 231 g/mol. The average molecular weight is 231 g/mol. The molecule has 1 aromatic carbocycles. The number of rotatable bonds is 3. The number of benzene rings is 1. The molecule has 2 aromatic rings. The zero-order valence-corrected chi connectivity index (χ0v) is 9.91. The van der Waals surface area contributed by atoms with Gasteiger partial charge in [-0.15, -0.1) is 0 Å². The third-order valence-electron chi connectivity index (χ3n) is 2.26. The molecule has 0 saturated heterocycles. The van der Waals surface area contributed by atoms with Crippen LogP contribution in [0.2, 0.25) is 0 Å². The first-order valence-electron chi connectivity index (χ1n) is 5.12. The highest BCUT2D eigenvalue weighted by Crippen LogP contribution is 2.19. The van der Waals surface area contributed by atoms with E-state index < -0.39 is 0 Å². The van der Waals surface area contributed by atoms with E-state index in [1.165, 1.54) is 17.3 Å². The molecule has 0 fully saturated rings. The summed E-state index contributed by atoms with van der Waals surface area (Å²) in [6, 6.07) is 13.8. The SMILES string of the molecule is Cc1cccc(CSc2cccc[n+]2[O-])c1. The Balaban J connectivity index is 2.05. The second-order valence-electron chi connectivity index (χ2n) is 3.64. The summed E-state index contributed by atoms with van der Waals surface area (Å²) in [6.07, 6.45) is 1.53. The molecule has 1 heterocycles. The standard InChI is InChI=1S/C13H13NOS/c1-11-5-4-6-12(9-11)10-16-13-7-2-3-8-14(13)15/h2-9H,10H2,1H3. The van der Waals surface area contributed by atoms with E-state index >= 15 is 0 Å². The second kappa shape index (κ2) is 5.03. The molecule has 82 valence electrons. The number of nitrogens with zero attached hydrogens (tertiary/aromatic N) is 1. The highest BCUT2D eigenvalue weighted by atomic mass is 32.2. The Morgan fingerprint density at radius 3 is 2.81 bits per heavy atom. The predicted molar refractivity (Wildman–Crippen MR) is 66.1 cm³/mol. The average Bonchev–Trinajstić information content (AvgIpc) is 2.28. The largest absolute Gasteiger partial charge is 0.618 e. The summed E-state index contributed by atoms with van der Waals surface area (Å²) in [5.41, 5.74) is 2.50. The van der Waals surface area contributed by atoms with Crippen LogP contribution in [0, 0.1) is 12.1 Å². The van der Waals surface area contributed by atoms with Crippen molar-refractivity contribution >= 4 is 11.8 Å². The van der Waals surface area contributed by atoms with Gasteiger partial charge in [0.05, 0.1) is 0 Å². The number of hydrogen-bond donors (Lipinski definition) is 0. The molecule has 0 N–H and O–H groups in total. The summed E-state index contributed by atoms with van der Waals surface area (Å²) in [4.78, 5) is 0. The summed E-state index contributed by atoms with van der Waals surface area (Å²) >= 11 is 1.56. The molecule has 0 aliphatic carbocycles. The number of pyridine rings is 1. The maximum Gasteiger partial charge on any atom is 0.251 e. The van der Waals surface area contributed by atoms with Crippen molar-refractivity contribution in [2.75, 3.05) is 0 Å². The van der Waals surface area contributed by atoms with Gasteiger partial charge in [0.15, 0.2) is 6.20 Å². The number of aryl methyl sites for hydroxylation is 1. The minimum absolute atomic E-state index is 0.740. The van der Waals surface area contributed by atoms with E-state index in [9.17, 15) is 5.21 Å². The van der Waals surface area contributed by atoms with Gasteiger partial charge in [0, 0.05) is 17.9 Å². The van der Waals surface area contributed by atoms with Crippen molar-refractivity contribution in [2.24, 2.45) is 0 Å². The third-order valence-corrected chi connectivity index (χ3v) is 3.35. The van der Waals surface area contributed by atoms with E-state index in [-0.39, 0.29) is 0 Å². The lowest BCUT2D eigenvalue weighted by molar-refractivity contribution is -0.645. The van der Waals surface area contributed by atoms with Crippen molar-refractivity contribution in [1.82, 2.24) is 0 Å². The zero-order chi connectivity index (χ0) is 11.4. The Morgan fingerprint density at radius 1 is 1.19 bits per heavy atom. The fourth-order valence-corrected chi connectivity index (χ4v) is 2.34. The fraction of sp³-hybridized carbons (Fsp3) is 0.154. The van der Waals surface area contributed by atoms with Crippen LogP contribution in [0.3, 0.4) is 0 Å². The second-order valence-corrected chi connectivity index (χ2v) is 4.64. The summed E-state index contributed by atoms with van der Waals surface area (Å²) in [5, 5.41) is 12.1. The number of aromatic nitrogens is 1. The van der Waals surface area contributed by atoms with Crippen LogP contribution in [0.15, 0.2) is 53.7 Å². The van der Waals surface area contributed by atoms with E-state index in [2.05, 4.69) is 25.1 Å². The van der Waals surface area contributed by atoms with Crippen molar-refractivity contribution in [2.45, 2.75) is 17.7 Å². The summed E-state index contributed by atoms with van der Waals surface area (Å²) < 4.78 is 0.903. The van der Waals surface area contributed by atoms with E-state index in [1.807, 2.05) is 18.2 Å². The van der Waals surface area contributed by atoms with Crippen LogP contribution in [-0.2, 0) is 5.75 Å². The van der Waals surface area contributed by atoms with Crippen LogP contribution in [0.25, 0.3) is 0 Å². The molecule has 0 radical (unpaired) electrons. The molecule has 0 bridgehead atoms. The minimum atomic E-state index is 0.740. The first-order valence-corrected chi connectivity index (χ1v) is 6.11. The lowest BCUT2D eigenvalue weighted by Gasteiger charge is -2.03. The van der Waals surface area contributed by atoms with E-state index in [4.69, 9.17) is 0 Å². The highest BCUT2D eigenvalue weighted by molar-refractivity contribution is 7.98. The first-order chi connectivity index (χ1) is 7.75. The number of hydrogen-bond acceptors (Lipinski definition) is 2. The van der Waals surface area contributed by atoms with Crippen LogP contribution in [0.1, 0.15) is 11.1 Å². The van der Waals surface area contributed by atoms with Crippen molar-refractivity contribution < 1.29 is 4.73 Å². The molecule has 0 atom stereocenters. The maximum atomic E-state index is 11.4. The van der Waals surface area contributed by atoms with Gasteiger partial charge in [-0.2, -0.15) is 4.73 Å². The Labute approximate surface area is 99.5 Å². The molecular weight excluding hydrogens is 218 g/mol. The lowest BCUT2D eigenvalue weighted by atomic mass is 10.2. The zero-order valence-electron chi connectivity index (χ0n) is 9.09. The van der Waals surface area contributed by atoms with Gasteiger partial charge in [-0.05, 0) is 18.6 Å². The van der Waals surface area contributed by atoms with Crippen LogP contribution >= 0.6 is 11.8 Å². The topological polar surface area (TPSA) is 26.9 Å². The van der Waals surface area contributed by atoms with Gasteiger partial charge < -0.3 is 5.21 Å². The molecule has 0 spiro atoms. The van der Waals surface area contributed by atoms with Crippen molar-refractivity contribution in [3.63, 3.8) is 0 Å². The van der Waals surface area contributed by atoms with Crippen LogP contribution < -0.4 is 4.73 Å². The molecule has 0 saturated carbocycles. The Kier molecular flexibility index (Phi) is 3.47. The molecule has 0 aliphatic heterocycles. The lowest BCUT2D eigenvalue weighted by Crippen LogP contribution is -2.27. The van der Waals surface area contributed by atoms with Crippen LogP contribution in [0.4, 0.5) is 0 Å². The molecule has 2 rings (SSSR count). The Bertz CT molecular complexity index is 485. The number of thioether (sulfide) groups is 1. The molecular formula is C13H13NOS. The van der Waals surface area contributed by atoms with Gasteiger partial charge in [-0.25, -0.2) is 0 Å². The molecule has 1 aromatic heterocycles. The third kappa shape index (κ3) is 2.76. The van der Waals surface area contributed by atoms with Crippen LogP contribution in [-0.4, -0.2) is 0 Å². The van der Waals surface area contributed by atoms with E-state index in [0.29, 0.717) is 0 Å². The molecule has 3 heteroatoms. The van der Waals surface area contributed by atoms with Gasteiger partial charge >= 0.3 is 0 Å². The maximum absolute atomic E-state index is 11.4. The summed E-state index contributed by atoms with van der Waals surface area (Å²) in [6.45, 7) is 2.07. The Morgan fingerprint density at radius 2 is 2.06 bits per heavy atom. The van der Waals surface area contributed by atoms with Gasteiger partial charge in [0.1, 0.15) is 0 Å². The van der Waals surface area contributed by atoms with E-state index in [1.54, 1.807) is 17.8 Å². The minimum Gasteiger partial charge on any atom is -0.618 e. The molecule has 0 amide bonds.